The first-order chi connectivity index (χ1) is 11.8. The van der Waals surface area contributed by atoms with Gasteiger partial charge in [0.2, 0.25) is 5.91 Å². The summed E-state index contributed by atoms with van der Waals surface area (Å²) in [5.41, 5.74) is -0.0415. The third kappa shape index (κ3) is 5.79. The predicted octanol–water partition coefficient (Wildman–Crippen LogP) is 4.50. The van der Waals surface area contributed by atoms with Gasteiger partial charge in [0.15, 0.2) is 0 Å². The monoisotopic (exact) mass is 368 g/mol. The van der Waals surface area contributed by atoms with Gasteiger partial charge in [-0.1, -0.05) is 24.3 Å². The van der Waals surface area contributed by atoms with E-state index in [2.05, 4.69) is 5.32 Å². The molecule has 3 nitrogen and oxygen atoms in total. The van der Waals surface area contributed by atoms with Crippen molar-refractivity contribution >= 4 is 23.4 Å². The van der Waals surface area contributed by atoms with Crippen LogP contribution in [0.15, 0.2) is 53.4 Å². The van der Waals surface area contributed by atoms with Crippen LogP contribution in [0.4, 0.5) is 18.9 Å². The Morgan fingerprint density at radius 2 is 1.76 bits per heavy atom. The SMILES string of the molecule is CSc1ccc(CN(C)CC(=O)Nc2ccccc2C(F)(F)F)cc1. The number of halogens is 3. The van der Waals surface area contributed by atoms with Crippen LogP contribution in [0.25, 0.3) is 0 Å². The van der Waals surface area contributed by atoms with E-state index < -0.39 is 17.6 Å². The Morgan fingerprint density at radius 1 is 1.12 bits per heavy atom. The number of amides is 1. The Balaban J connectivity index is 1.96. The average molecular weight is 368 g/mol. The molecule has 0 aliphatic heterocycles. The Bertz CT molecular complexity index is 717. The summed E-state index contributed by atoms with van der Waals surface area (Å²) in [6, 6.07) is 12.9. The maximum atomic E-state index is 12.9. The number of likely N-dealkylation sites (N-methyl/N-ethyl adjacent to an activating group) is 1. The van der Waals surface area contributed by atoms with Gasteiger partial charge in [-0.05, 0) is 43.1 Å². The molecular formula is C18H19F3N2OS. The zero-order chi connectivity index (χ0) is 18.4. The standard InChI is InChI=1S/C18H19F3N2OS/c1-23(11-13-7-9-14(25-2)10-8-13)12-17(24)22-16-6-4-3-5-15(16)18(19,20)21/h3-10H,11-12H2,1-2H3,(H,22,24). The maximum Gasteiger partial charge on any atom is 0.418 e. The first kappa shape index (κ1) is 19.3. The second-order valence-corrected chi connectivity index (χ2v) is 6.49. The van der Waals surface area contributed by atoms with Gasteiger partial charge in [0, 0.05) is 11.4 Å². The summed E-state index contributed by atoms with van der Waals surface area (Å²) in [7, 11) is 1.75. The van der Waals surface area contributed by atoms with Crippen molar-refractivity contribution in [2.24, 2.45) is 0 Å². The van der Waals surface area contributed by atoms with Crippen LogP contribution in [0.1, 0.15) is 11.1 Å². The van der Waals surface area contributed by atoms with Gasteiger partial charge in [0.1, 0.15) is 0 Å². The number of thioether (sulfide) groups is 1. The molecule has 0 atom stereocenters. The van der Waals surface area contributed by atoms with Gasteiger partial charge in [-0.3, -0.25) is 9.69 Å². The Labute approximate surface area is 149 Å². The molecule has 0 spiro atoms. The fraction of sp³-hybridized carbons (Fsp3) is 0.278. The Kier molecular flexibility index (Phi) is 6.50. The van der Waals surface area contributed by atoms with Gasteiger partial charge in [-0.15, -0.1) is 11.8 Å². The van der Waals surface area contributed by atoms with Crippen LogP contribution in [-0.2, 0) is 17.5 Å². The van der Waals surface area contributed by atoms with E-state index in [1.54, 1.807) is 23.7 Å². The smallest absolute Gasteiger partial charge is 0.324 e. The normalized spacial score (nSPS) is 11.6. The van der Waals surface area contributed by atoms with Gasteiger partial charge in [-0.2, -0.15) is 13.2 Å². The molecule has 0 bridgehead atoms. The fourth-order valence-electron chi connectivity index (χ4n) is 2.37. The third-order valence-electron chi connectivity index (χ3n) is 3.53. The molecule has 2 aromatic rings. The number of alkyl halides is 3. The zero-order valence-electron chi connectivity index (χ0n) is 13.9. The van der Waals surface area contributed by atoms with Crippen LogP contribution in [0.3, 0.4) is 0 Å². The molecular weight excluding hydrogens is 349 g/mol. The number of rotatable bonds is 6. The summed E-state index contributed by atoms with van der Waals surface area (Å²) in [4.78, 5) is 15.0. The molecule has 1 amide bonds. The minimum absolute atomic E-state index is 0.00350. The fourth-order valence-corrected chi connectivity index (χ4v) is 2.78. The quantitative estimate of drug-likeness (QED) is 0.762. The second kappa shape index (κ2) is 8.40. The number of benzene rings is 2. The van der Waals surface area contributed by atoms with Crippen LogP contribution in [0.5, 0.6) is 0 Å². The number of nitrogens with one attached hydrogen (secondary N) is 1. The molecule has 0 heterocycles. The van der Waals surface area contributed by atoms with E-state index in [1.807, 2.05) is 30.5 Å². The Hall–Kier alpha value is -1.99. The number of carbonyl (C=O) groups excluding carboxylic acids is 1. The average Bonchev–Trinajstić information content (AvgIpc) is 2.54. The zero-order valence-corrected chi connectivity index (χ0v) is 14.7. The highest BCUT2D eigenvalue weighted by Crippen LogP contribution is 2.34. The van der Waals surface area contributed by atoms with Crippen molar-refractivity contribution in [2.75, 3.05) is 25.2 Å². The van der Waals surface area contributed by atoms with Crippen molar-refractivity contribution in [3.63, 3.8) is 0 Å². The van der Waals surface area contributed by atoms with Gasteiger partial charge in [0.25, 0.3) is 0 Å². The van der Waals surface area contributed by atoms with E-state index in [-0.39, 0.29) is 12.2 Å². The highest BCUT2D eigenvalue weighted by atomic mass is 32.2. The molecule has 0 aliphatic carbocycles. The van der Waals surface area contributed by atoms with Gasteiger partial charge < -0.3 is 5.32 Å². The molecule has 0 aromatic heterocycles. The van der Waals surface area contributed by atoms with E-state index in [0.717, 1.165) is 16.5 Å². The molecule has 1 N–H and O–H groups in total. The van der Waals surface area contributed by atoms with Crippen molar-refractivity contribution in [1.82, 2.24) is 4.90 Å². The highest BCUT2D eigenvalue weighted by Gasteiger charge is 2.33. The lowest BCUT2D eigenvalue weighted by Gasteiger charge is -2.18. The van der Waals surface area contributed by atoms with Crippen molar-refractivity contribution in [2.45, 2.75) is 17.6 Å². The third-order valence-corrected chi connectivity index (χ3v) is 4.28. The molecule has 2 rings (SSSR count). The molecule has 7 heteroatoms. The van der Waals surface area contributed by atoms with Crippen molar-refractivity contribution in [3.05, 3.63) is 59.7 Å². The predicted molar refractivity (Wildman–Crippen MR) is 94.6 cm³/mol. The van der Waals surface area contributed by atoms with Gasteiger partial charge in [-0.25, -0.2) is 0 Å². The summed E-state index contributed by atoms with van der Waals surface area (Å²) >= 11 is 1.64. The molecule has 0 saturated carbocycles. The summed E-state index contributed by atoms with van der Waals surface area (Å²) < 4.78 is 38.8. The number of carbonyl (C=O) groups is 1. The van der Waals surface area contributed by atoms with E-state index in [0.29, 0.717) is 6.54 Å². The highest BCUT2D eigenvalue weighted by molar-refractivity contribution is 7.98. The van der Waals surface area contributed by atoms with Crippen LogP contribution in [0.2, 0.25) is 0 Å². The number of nitrogens with zero attached hydrogens (tertiary/aromatic N) is 1. The first-order valence-corrected chi connectivity index (χ1v) is 8.79. The first-order valence-electron chi connectivity index (χ1n) is 7.57. The van der Waals surface area contributed by atoms with E-state index in [1.165, 1.54) is 18.2 Å². The van der Waals surface area contributed by atoms with E-state index in [4.69, 9.17) is 0 Å². The topological polar surface area (TPSA) is 32.3 Å². The molecule has 134 valence electrons. The largest absolute Gasteiger partial charge is 0.418 e. The summed E-state index contributed by atoms with van der Waals surface area (Å²) in [5, 5.41) is 2.35. The number of anilines is 1. The molecule has 0 saturated heterocycles. The minimum atomic E-state index is -4.51. The van der Waals surface area contributed by atoms with E-state index in [9.17, 15) is 18.0 Å². The van der Waals surface area contributed by atoms with Crippen LogP contribution in [0, 0.1) is 0 Å². The lowest BCUT2D eigenvalue weighted by Crippen LogP contribution is -2.30. The maximum absolute atomic E-state index is 12.9. The number of para-hydroxylation sites is 1. The Morgan fingerprint density at radius 3 is 2.36 bits per heavy atom. The van der Waals surface area contributed by atoms with Crippen LogP contribution < -0.4 is 5.32 Å². The summed E-state index contributed by atoms with van der Waals surface area (Å²) in [6.07, 6.45) is -2.51. The number of hydrogen-bond acceptors (Lipinski definition) is 3. The van der Waals surface area contributed by atoms with Crippen molar-refractivity contribution < 1.29 is 18.0 Å². The summed E-state index contributed by atoms with van der Waals surface area (Å²) in [6.45, 7) is 0.527. The molecule has 2 aromatic carbocycles. The lowest BCUT2D eigenvalue weighted by molar-refractivity contribution is -0.137. The van der Waals surface area contributed by atoms with Gasteiger partial charge >= 0.3 is 6.18 Å². The second-order valence-electron chi connectivity index (χ2n) is 5.61. The molecule has 0 unspecified atom stereocenters. The molecule has 0 aliphatic rings. The van der Waals surface area contributed by atoms with Crippen LogP contribution >= 0.6 is 11.8 Å². The minimum Gasteiger partial charge on any atom is -0.324 e. The number of hydrogen-bond donors (Lipinski definition) is 1. The molecule has 0 radical (unpaired) electrons. The summed E-state index contributed by atoms with van der Waals surface area (Å²) in [5.74, 6) is -0.486. The van der Waals surface area contributed by atoms with Crippen molar-refractivity contribution in [1.29, 1.82) is 0 Å². The van der Waals surface area contributed by atoms with Crippen molar-refractivity contribution in [3.8, 4) is 0 Å². The van der Waals surface area contributed by atoms with Crippen LogP contribution in [-0.4, -0.2) is 30.7 Å². The van der Waals surface area contributed by atoms with Gasteiger partial charge in [0.05, 0.1) is 17.8 Å². The van der Waals surface area contributed by atoms with E-state index >= 15 is 0 Å². The molecule has 25 heavy (non-hydrogen) atoms. The lowest BCUT2D eigenvalue weighted by atomic mass is 10.1. The molecule has 0 fully saturated rings.